The van der Waals surface area contributed by atoms with Gasteiger partial charge in [-0.2, -0.15) is 13.2 Å². The fourth-order valence-corrected chi connectivity index (χ4v) is 9.45. The monoisotopic (exact) mass is 460 g/mol. The first kappa shape index (κ1) is 24.7. The molecule has 0 aromatic heterocycles. The summed E-state index contributed by atoms with van der Waals surface area (Å²) in [5, 5.41) is 0. The SMILES string of the molecule is CCCC1CCC(CCCC[SiH]2CCC(c3cc(F)c(C(F)(F)F)c(F)c3)CC2)CC1. The van der Waals surface area contributed by atoms with Crippen molar-refractivity contribution in [3.63, 3.8) is 0 Å². The van der Waals surface area contributed by atoms with Crippen LogP contribution in [0.15, 0.2) is 12.1 Å². The lowest BCUT2D eigenvalue weighted by Gasteiger charge is -2.29. The number of unbranched alkanes of at least 4 members (excludes halogenated alkanes) is 1. The molecular weight excluding hydrogens is 423 g/mol. The third kappa shape index (κ3) is 7.03. The van der Waals surface area contributed by atoms with Gasteiger partial charge in [-0.3, -0.25) is 0 Å². The zero-order valence-electron chi connectivity index (χ0n) is 18.8. The molecule has 0 bridgehead atoms. The van der Waals surface area contributed by atoms with Gasteiger partial charge in [0.2, 0.25) is 0 Å². The predicted molar refractivity (Wildman–Crippen MR) is 119 cm³/mol. The number of hydrogen-bond donors (Lipinski definition) is 0. The maximum Gasteiger partial charge on any atom is 0.422 e. The molecule has 1 aliphatic heterocycles. The number of hydrogen-bond acceptors (Lipinski definition) is 0. The molecular formula is C25H37F5Si. The third-order valence-electron chi connectivity index (χ3n) is 7.80. The fraction of sp³-hybridized carbons (Fsp3) is 0.760. The summed E-state index contributed by atoms with van der Waals surface area (Å²) in [4.78, 5) is 0. The van der Waals surface area contributed by atoms with Gasteiger partial charge in [0, 0.05) is 8.80 Å². The number of rotatable bonds is 8. The maximum absolute atomic E-state index is 13.9. The van der Waals surface area contributed by atoms with Gasteiger partial charge < -0.3 is 0 Å². The van der Waals surface area contributed by atoms with Gasteiger partial charge in [-0.1, -0.05) is 82.8 Å². The lowest BCUT2D eigenvalue weighted by Crippen LogP contribution is -2.21. The van der Waals surface area contributed by atoms with Gasteiger partial charge in [-0.15, -0.1) is 0 Å². The average molecular weight is 461 g/mol. The Labute approximate surface area is 185 Å². The van der Waals surface area contributed by atoms with E-state index in [4.69, 9.17) is 0 Å². The molecule has 1 saturated carbocycles. The van der Waals surface area contributed by atoms with E-state index in [1.165, 1.54) is 63.8 Å². The van der Waals surface area contributed by atoms with Crippen molar-refractivity contribution in [2.75, 3.05) is 0 Å². The van der Waals surface area contributed by atoms with Gasteiger partial charge in [-0.25, -0.2) is 8.78 Å². The third-order valence-corrected chi connectivity index (χ3v) is 11.3. The Balaban J connectivity index is 1.37. The first-order chi connectivity index (χ1) is 14.8. The van der Waals surface area contributed by atoms with E-state index in [0.29, 0.717) is 5.56 Å². The molecule has 2 fully saturated rings. The summed E-state index contributed by atoms with van der Waals surface area (Å²) in [6.07, 6.45) is 9.10. The summed E-state index contributed by atoms with van der Waals surface area (Å²) < 4.78 is 66.1. The highest BCUT2D eigenvalue weighted by Crippen LogP contribution is 2.40. The molecule has 1 heterocycles. The van der Waals surface area contributed by atoms with Gasteiger partial charge in [0.1, 0.15) is 17.2 Å². The molecule has 176 valence electrons. The number of alkyl halides is 3. The zero-order chi connectivity index (χ0) is 22.4. The number of halogens is 5. The smallest absolute Gasteiger partial charge is 0.206 e. The van der Waals surface area contributed by atoms with Gasteiger partial charge in [-0.05, 0) is 48.3 Å². The molecule has 0 atom stereocenters. The Kier molecular flexibility index (Phi) is 9.00. The van der Waals surface area contributed by atoms with Crippen LogP contribution in [0.3, 0.4) is 0 Å². The van der Waals surface area contributed by atoms with Crippen LogP contribution in [0.5, 0.6) is 0 Å². The lowest BCUT2D eigenvalue weighted by atomic mass is 9.78. The van der Waals surface area contributed by atoms with E-state index in [0.717, 1.165) is 48.9 Å². The maximum atomic E-state index is 13.9. The second-order valence-electron chi connectivity index (χ2n) is 10.0. The summed E-state index contributed by atoms with van der Waals surface area (Å²) in [5.41, 5.74) is -1.37. The van der Waals surface area contributed by atoms with Crippen molar-refractivity contribution in [1.29, 1.82) is 0 Å². The van der Waals surface area contributed by atoms with Crippen LogP contribution in [0.2, 0.25) is 18.1 Å². The molecule has 0 nitrogen and oxygen atoms in total. The van der Waals surface area contributed by atoms with Gasteiger partial charge >= 0.3 is 6.18 Å². The molecule has 0 spiro atoms. The molecule has 6 heteroatoms. The Bertz CT molecular complexity index is 663. The van der Waals surface area contributed by atoms with E-state index >= 15 is 0 Å². The van der Waals surface area contributed by atoms with E-state index in [1.54, 1.807) is 0 Å². The molecule has 0 unspecified atom stereocenters. The second-order valence-corrected chi connectivity index (χ2v) is 13.5. The second kappa shape index (κ2) is 11.3. The molecule has 1 aromatic carbocycles. The molecule has 0 amide bonds. The summed E-state index contributed by atoms with van der Waals surface area (Å²) in [6.45, 7) is 2.28. The van der Waals surface area contributed by atoms with E-state index in [9.17, 15) is 22.0 Å². The molecule has 1 aromatic rings. The van der Waals surface area contributed by atoms with Crippen LogP contribution < -0.4 is 0 Å². The Morgan fingerprint density at radius 2 is 1.39 bits per heavy atom. The fourth-order valence-electron chi connectivity index (χ4n) is 5.97. The van der Waals surface area contributed by atoms with Crippen molar-refractivity contribution >= 4 is 8.80 Å². The predicted octanol–water partition coefficient (Wildman–Crippen LogP) is 8.86. The first-order valence-corrected chi connectivity index (χ1v) is 14.8. The minimum Gasteiger partial charge on any atom is -0.206 e. The summed E-state index contributed by atoms with van der Waals surface area (Å²) in [7, 11) is -0.811. The highest BCUT2D eigenvalue weighted by atomic mass is 28.3. The quantitative estimate of drug-likeness (QED) is 0.206. The molecule has 0 radical (unpaired) electrons. The van der Waals surface area contributed by atoms with E-state index in [2.05, 4.69) is 6.92 Å². The van der Waals surface area contributed by atoms with Gasteiger partial charge in [0.05, 0.1) is 0 Å². The van der Waals surface area contributed by atoms with Crippen LogP contribution >= 0.6 is 0 Å². The minimum absolute atomic E-state index is 0.00617. The zero-order valence-corrected chi connectivity index (χ0v) is 19.9. The van der Waals surface area contributed by atoms with Crippen molar-refractivity contribution < 1.29 is 22.0 Å². The van der Waals surface area contributed by atoms with Crippen molar-refractivity contribution in [3.05, 3.63) is 34.9 Å². The van der Waals surface area contributed by atoms with E-state index in [-0.39, 0.29) is 5.92 Å². The largest absolute Gasteiger partial charge is 0.422 e. The molecule has 1 saturated heterocycles. The van der Waals surface area contributed by atoms with Crippen molar-refractivity contribution in [3.8, 4) is 0 Å². The number of benzene rings is 1. The Hall–Kier alpha value is -0.913. The highest BCUT2D eigenvalue weighted by molar-refractivity contribution is 6.59. The van der Waals surface area contributed by atoms with Crippen LogP contribution in [-0.2, 0) is 6.18 Å². The molecule has 1 aliphatic carbocycles. The van der Waals surface area contributed by atoms with Crippen molar-refractivity contribution in [2.45, 2.75) is 108 Å². The summed E-state index contributed by atoms with van der Waals surface area (Å²) >= 11 is 0. The average Bonchev–Trinajstić information content (AvgIpc) is 2.71. The van der Waals surface area contributed by atoms with Crippen LogP contribution in [-0.4, -0.2) is 8.80 Å². The van der Waals surface area contributed by atoms with Gasteiger partial charge in [0.15, 0.2) is 0 Å². The standard InChI is InChI=1S/C25H37F5Si/c1-2-5-18-7-9-19(10-8-18)6-3-4-13-31-14-11-20(12-15-31)21-16-22(26)24(23(27)17-21)25(28,29)30/h16-20,31H,2-15H2,1H3. The van der Waals surface area contributed by atoms with Crippen LogP contribution in [0, 0.1) is 23.5 Å². The molecule has 2 aliphatic rings. The van der Waals surface area contributed by atoms with E-state index < -0.39 is 32.2 Å². The highest BCUT2D eigenvalue weighted by Gasteiger charge is 2.38. The minimum atomic E-state index is -4.99. The van der Waals surface area contributed by atoms with Crippen LogP contribution in [0.25, 0.3) is 0 Å². The topological polar surface area (TPSA) is 0 Å². The lowest BCUT2D eigenvalue weighted by molar-refractivity contribution is -0.142. The van der Waals surface area contributed by atoms with Crippen molar-refractivity contribution in [1.82, 2.24) is 0 Å². The first-order valence-electron chi connectivity index (χ1n) is 12.3. The normalized spacial score (nSPS) is 27.4. The Morgan fingerprint density at radius 3 is 1.90 bits per heavy atom. The van der Waals surface area contributed by atoms with Crippen LogP contribution in [0.4, 0.5) is 22.0 Å². The molecule has 3 rings (SSSR count). The molecule has 31 heavy (non-hydrogen) atoms. The Morgan fingerprint density at radius 1 is 0.839 bits per heavy atom. The van der Waals surface area contributed by atoms with E-state index in [1.807, 2.05) is 0 Å². The summed E-state index contributed by atoms with van der Waals surface area (Å²) in [5.74, 6) is -1.07. The molecule has 0 N–H and O–H groups in total. The summed E-state index contributed by atoms with van der Waals surface area (Å²) in [6, 6.07) is 5.43. The van der Waals surface area contributed by atoms with Gasteiger partial charge in [0.25, 0.3) is 0 Å². The van der Waals surface area contributed by atoms with Crippen LogP contribution in [0.1, 0.15) is 94.6 Å². The van der Waals surface area contributed by atoms with Crippen molar-refractivity contribution in [2.24, 2.45) is 11.8 Å².